The Hall–Kier alpha value is -12.4. The number of nitrogens with one attached hydrogen (secondary N) is 6. The lowest BCUT2D eigenvalue weighted by molar-refractivity contribution is -0.118. The zero-order chi connectivity index (χ0) is 97.2. The van der Waals surface area contributed by atoms with E-state index in [0.717, 1.165) is 162 Å². The summed E-state index contributed by atoms with van der Waals surface area (Å²) < 4.78 is 13.2. The number of halogens is 2. The van der Waals surface area contributed by atoms with Crippen molar-refractivity contribution in [3.63, 3.8) is 0 Å². The van der Waals surface area contributed by atoms with Gasteiger partial charge >= 0.3 is 0 Å². The normalized spacial score (nSPS) is 13.9. The zero-order valence-electron chi connectivity index (χ0n) is 79.8. The van der Waals surface area contributed by atoms with Gasteiger partial charge in [0.1, 0.15) is 56.3 Å². The number of ketones is 3. The van der Waals surface area contributed by atoms with E-state index in [0.29, 0.717) is 109 Å². The number of aliphatic hydroxyl groups excluding tert-OH is 3. The first kappa shape index (κ1) is 107. The fourth-order valence-corrected chi connectivity index (χ4v) is 14.7. The van der Waals surface area contributed by atoms with Gasteiger partial charge in [0.15, 0.2) is 34.9 Å². The van der Waals surface area contributed by atoms with E-state index in [9.17, 15) is 34.1 Å². The van der Waals surface area contributed by atoms with Crippen LogP contribution >= 0.6 is 11.6 Å². The molecule has 132 heavy (non-hydrogen) atoms. The molecule has 0 bridgehead atoms. The van der Waals surface area contributed by atoms with Gasteiger partial charge in [0.25, 0.3) is 0 Å². The van der Waals surface area contributed by atoms with Gasteiger partial charge < -0.3 is 96.0 Å². The Kier molecular flexibility index (Phi) is 40.7. The highest BCUT2D eigenvalue weighted by atomic mass is 35.5. The summed E-state index contributed by atoms with van der Waals surface area (Å²) in [4.78, 5) is 111. The fraction of sp³-hybridized carbons (Fsp3) is 0.521. The van der Waals surface area contributed by atoms with Crippen LogP contribution in [-0.2, 0) is 14.4 Å². The standard InChI is InChI=1S/2C18H27N5O.C17H24ClN5O.C14H20FN5O.C14H21N5O.C13H19N5O/c1-5-6-9-18(4,10-7-13(3)24)23-16-15-14(21-17(19)22-16)12(2)8-11-20-15;1-5-6-8-18(4,9-7-13(3)24)23-16-15-14(21-17(19)22-16)10-12(2)11-20-15;1-4-5-7-17(3,8-6-11(2)24)23-15-14-13(21-16(19)22-15)9-12(18)10-20-14;1-3-4-5-14(2,8-21)20-12-11-10(18-13(16)19-12)6-9(15)7-17-11;1-3-4-7-14(2,9-20)19-12-11-10(6-5-8-16-11)17-13(15)18-12;1-3-6-13(2,8-19)18-11-10-9(5-4-7-15-10)16-12(14)17-11/h8,11H,5-7,9-10H2,1-4H3,(H3,19,21,22,23);10-11H,5-9H2,1-4H3,(H3,19,21,22,23);9-10H,4-8H2,1-3H3,(H3,19,21,22,23);6-7,21H,3-5,8H2,1-2H3,(H3,16,18,19,20);5-6,8,20H,3-4,7,9H2,1-2H3,(H3,15,17,18,19);4-5,7,19H,3,6,8H2,1-2H3,(H3,14,16,17,18)/t2*18-;17-;2*14-;13-/m000001/s1. The summed E-state index contributed by atoms with van der Waals surface area (Å²) in [5, 5.41) is 49.5. The fourth-order valence-electron chi connectivity index (χ4n) is 14.6. The van der Waals surface area contributed by atoms with Crippen molar-refractivity contribution in [2.75, 3.05) is 86.1 Å². The highest BCUT2D eigenvalue weighted by molar-refractivity contribution is 6.31. The first-order valence-corrected chi connectivity index (χ1v) is 45.7. The van der Waals surface area contributed by atoms with E-state index in [1.165, 1.54) is 6.07 Å². The van der Waals surface area contributed by atoms with Crippen LogP contribution in [0.1, 0.15) is 263 Å². The summed E-state index contributed by atoms with van der Waals surface area (Å²) in [6.45, 7) is 33.7. The van der Waals surface area contributed by atoms with Gasteiger partial charge in [-0.2, -0.15) is 29.9 Å². The maximum Gasteiger partial charge on any atom is 0.222 e. The molecule has 0 aliphatic carbocycles. The minimum Gasteiger partial charge on any atom is -0.394 e. The molecular formula is C94H138ClFN30O6. The second-order valence-corrected chi connectivity index (χ2v) is 36.0. The summed E-state index contributed by atoms with van der Waals surface area (Å²) in [5.74, 6) is 4.53. The minimum atomic E-state index is -0.542. The molecule has 12 aromatic rings. The van der Waals surface area contributed by atoms with Crippen LogP contribution in [0.3, 0.4) is 0 Å². The molecule has 0 unspecified atom stereocenters. The summed E-state index contributed by atoms with van der Waals surface area (Å²) in [5.41, 5.74) is 42.2. The van der Waals surface area contributed by atoms with E-state index in [1.807, 2.05) is 58.9 Å². The number of hydrogen-bond donors (Lipinski definition) is 15. The second-order valence-electron chi connectivity index (χ2n) is 35.5. The van der Waals surface area contributed by atoms with Crippen molar-refractivity contribution in [3.8, 4) is 0 Å². The third kappa shape index (κ3) is 32.9. The topological polar surface area (TPSA) is 572 Å². The Labute approximate surface area is 777 Å². The molecular weight excluding hydrogens is 1700 g/mol. The smallest absolute Gasteiger partial charge is 0.222 e. The largest absolute Gasteiger partial charge is 0.394 e. The molecule has 714 valence electrons. The molecule has 0 fully saturated rings. The Bertz CT molecular complexity index is 5660. The van der Waals surface area contributed by atoms with E-state index in [2.05, 4.69) is 184 Å². The van der Waals surface area contributed by atoms with Crippen molar-refractivity contribution in [2.24, 2.45) is 0 Å². The van der Waals surface area contributed by atoms with E-state index in [1.54, 1.807) is 70.0 Å². The molecule has 0 aliphatic heterocycles. The zero-order valence-corrected chi connectivity index (χ0v) is 80.6. The Morgan fingerprint density at radius 2 is 0.636 bits per heavy atom. The minimum absolute atomic E-state index is 0.0130. The lowest BCUT2D eigenvalue weighted by atomic mass is 9.89. The number of aromatic nitrogens is 18. The SMILES string of the molecule is CCCC[C@@](C)(CCC(C)=O)Nc1nc(N)nc2c(C)ccnc12.CCCC[C@@](C)(CCC(C)=O)Nc1nc(N)nc2cc(C)cnc12.CCCC[C@@](C)(CCC(C)=O)Nc1nc(N)nc2cc(Cl)cnc12.CCCC[C@@](C)(CO)Nc1nc(N)nc2cc(F)cnc12.CCCC[C@@](C)(CO)Nc1nc(N)nc2cccnc12.CCC[C@](C)(CO)Nc1nc(N)nc2cccnc12. The number of unbranched alkanes of at least 4 members (excludes halogenated alkanes) is 5. The van der Waals surface area contributed by atoms with Gasteiger partial charge in [0, 0.05) is 72.9 Å². The monoisotopic (exact) mass is 1840 g/mol. The van der Waals surface area contributed by atoms with Crippen LogP contribution in [0.2, 0.25) is 5.02 Å². The van der Waals surface area contributed by atoms with Gasteiger partial charge in [0.2, 0.25) is 35.7 Å². The number of nitrogens with zero attached hydrogens (tertiary/aromatic N) is 18. The molecule has 0 spiro atoms. The van der Waals surface area contributed by atoms with E-state index in [-0.39, 0.29) is 89.5 Å². The number of carbonyl (C=O) groups excluding carboxylic acids is 3. The average Bonchev–Trinajstić information content (AvgIpc) is 0.791. The molecule has 0 saturated heterocycles. The number of pyridine rings is 6. The molecule has 0 radical (unpaired) electrons. The van der Waals surface area contributed by atoms with Crippen molar-refractivity contribution >= 4 is 166 Å². The van der Waals surface area contributed by atoms with Crippen molar-refractivity contribution in [1.29, 1.82) is 0 Å². The van der Waals surface area contributed by atoms with Crippen molar-refractivity contribution in [1.82, 2.24) is 89.7 Å². The molecule has 0 aliphatic rings. The highest BCUT2D eigenvalue weighted by Crippen LogP contribution is 2.36. The summed E-state index contributed by atoms with van der Waals surface area (Å²) in [6.07, 6.45) is 30.2. The molecule has 0 amide bonds. The number of aliphatic hydroxyl groups is 3. The Morgan fingerprint density at radius 3 is 0.992 bits per heavy atom. The van der Waals surface area contributed by atoms with Crippen LogP contribution in [0, 0.1) is 19.7 Å². The Morgan fingerprint density at radius 1 is 0.341 bits per heavy atom. The maximum atomic E-state index is 13.2. The van der Waals surface area contributed by atoms with Gasteiger partial charge in [-0.1, -0.05) is 124 Å². The highest BCUT2D eigenvalue weighted by Gasteiger charge is 2.32. The molecule has 0 saturated carbocycles. The van der Waals surface area contributed by atoms with Crippen molar-refractivity contribution in [2.45, 2.75) is 299 Å². The molecule has 0 aromatic carbocycles. The third-order valence-electron chi connectivity index (χ3n) is 22.3. The summed E-state index contributed by atoms with van der Waals surface area (Å²) in [6, 6.07) is 14.1. The number of fused-ring (bicyclic) bond motifs is 6. The number of anilines is 12. The van der Waals surface area contributed by atoms with Gasteiger partial charge in [-0.3, -0.25) is 19.9 Å². The van der Waals surface area contributed by atoms with Crippen LogP contribution in [0.5, 0.6) is 0 Å². The predicted octanol–water partition coefficient (Wildman–Crippen LogP) is 16.9. The lowest BCUT2D eigenvalue weighted by Crippen LogP contribution is -2.39. The van der Waals surface area contributed by atoms with Crippen LogP contribution in [0.15, 0.2) is 85.7 Å². The molecule has 12 heterocycles. The molecule has 12 aromatic heterocycles. The van der Waals surface area contributed by atoms with Crippen LogP contribution < -0.4 is 66.3 Å². The summed E-state index contributed by atoms with van der Waals surface area (Å²) >= 11 is 5.99. The van der Waals surface area contributed by atoms with E-state index < -0.39 is 22.4 Å². The summed E-state index contributed by atoms with van der Waals surface area (Å²) in [7, 11) is 0. The maximum absolute atomic E-state index is 13.2. The molecule has 21 N–H and O–H groups in total. The van der Waals surface area contributed by atoms with Crippen LogP contribution in [0.4, 0.5) is 75.0 Å². The van der Waals surface area contributed by atoms with Crippen LogP contribution in [0.25, 0.3) is 66.2 Å². The number of carbonyl (C=O) groups is 3. The first-order chi connectivity index (χ1) is 62.6. The first-order valence-electron chi connectivity index (χ1n) is 45.4. The predicted molar refractivity (Wildman–Crippen MR) is 531 cm³/mol. The molecule has 38 heteroatoms. The van der Waals surface area contributed by atoms with Gasteiger partial charge in [-0.25, -0.2) is 44.3 Å². The number of hydrogen-bond acceptors (Lipinski definition) is 36. The third-order valence-corrected chi connectivity index (χ3v) is 22.6. The number of aryl methyl sites for hydroxylation is 2. The van der Waals surface area contributed by atoms with Gasteiger partial charge in [-0.15, -0.1) is 0 Å². The van der Waals surface area contributed by atoms with Gasteiger partial charge in [0.05, 0.1) is 80.8 Å². The van der Waals surface area contributed by atoms with Crippen molar-refractivity contribution < 1.29 is 34.1 Å². The van der Waals surface area contributed by atoms with Gasteiger partial charge in [-0.05, 0) is 188 Å². The van der Waals surface area contributed by atoms with E-state index >= 15 is 0 Å². The molecule has 12 rings (SSSR count). The quantitative estimate of drug-likeness (QED) is 0.0169. The molecule has 36 nitrogen and oxygen atoms in total. The van der Waals surface area contributed by atoms with Crippen LogP contribution in [-0.4, -0.2) is 175 Å². The number of rotatable bonds is 41. The van der Waals surface area contributed by atoms with Crippen molar-refractivity contribution in [3.05, 3.63) is 108 Å². The molecule has 6 atom stereocenters. The van der Waals surface area contributed by atoms with E-state index in [4.69, 9.17) is 46.0 Å². The lowest BCUT2D eigenvalue weighted by Gasteiger charge is -2.31. The number of nitrogen functional groups attached to an aromatic ring is 6. The Balaban J connectivity index is 0.000000217. The average molecular weight is 1840 g/mol. The number of nitrogens with two attached hydrogens (primary N) is 6. The number of Topliss-reactive ketones (excluding diaryl/α,β-unsaturated/α-hetero) is 3. The second kappa shape index (κ2) is 50.3.